The molecule has 4 heteroatoms. The van der Waals surface area contributed by atoms with E-state index in [1.807, 2.05) is 19.9 Å². The Bertz CT molecular complexity index is 603. The Balaban J connectivity index is 1.70. The first-order chi connectivity index (χ1) is 10.8. The molecule has 1 unspecified atom stereocenters. The molecule has 1 fully saturated rings. The minimum absolute atomic E-state index is 0.0572. The second kappa shape index (κ2) is 5.91. The molecule has 1 saturated carbocycles. The number of aliphatic hydroxyl groups is 1. The average Bonchev–Trinajstić information content (AvgIpc) is 2.75. The number of fused-ring (bicyclic) bond motifs is 1. The van der Waals surface area contributed by atoms with Gasteiger partial charge in [0, 0.05) is 18.3 Å². The van der Waals surface area contributed by atoms with Crippen molar-refractivity contribution in [2.24, 2.45) is 0 Å². The molecular weight excluding hydrogens is 288 g/mol. The zero-order valence-electron chi connectivity index (χ0n) is 14.4. The second-order valence-corrected chi connectivity index (χ2v) is 7.77. The van der Waals surface area contributed by atoms with Crippen molar-refractivity contribution in [3.05, 3.63) is 29.3 Å². The number of hydrogen-bond acceptors (Lipinski definition) is 3. The van der Waals surface area contributed by atoms with Crippen LogP contribution in [0.4, 0.5) is 5.69 Å². The first kappa shape index (κ1) is 16.5. The van der Waals surface area contributed by atoms with Crippen LogP contribution < -0.4 is 10.6 Å². The van der Waals surface area contributed by atoms with E-state index in [0.717, 1.165) is 42.5 Å². The van der Waals surface area contributed by atoms with Gasteiger partial charge in [0.2, 0.25) is 5.91 Å². The number of hydrogen-bond donors (Lipinski definition) is 3. The zero-order valence-corrected chi connectivity index (χ0v) is 14.4. The third kappa shape index (κ3) is 3.15. The molecule has 2 aliphatic rings. The highest BCUT2D eigenvalue weighted by Crippen LogP contribution is 2.38. The summed E-state index contributed by atoms with van der Waals surface area (Å²) in [5.74, 6) is 0.0572. The van der Waals surface area contributed by atoms with Gasteiger partial charge in [-0.15, -0.1) is 0 Å². The Morgan fingerprint density at radius 2 is 1.96 bits per heavy atom. The largest absolute Gasteiger partial charge is 0.389 e. The van der Waals surface area contributed by atoms with Crippen LogP contribution in [-0.4, -0.2) is 23.2 Å². The van der Waals surface area contributed by atoms with Gasteiger partial charge in [0.1, 0.15) is 0 Å². The molecule has 1 aliphatic carbocycles. The summed E-state index contributed by atoms with van der Waals surface area (Å²) in [6, 6.07) is 6.32. The molecule has 3 N–H and O–H groups in total. The number of nitrogens with one attached hydrogen (secondary N) is 2. The lowest BCUT2D eigenvalue weighted by Gasteiger charge is -2.33. The summed E-state index contributed by atoms with van der Waals surface area (Å²) in [6.07, 6.45) is 5.25. The van der Waals surface area contributed by atoms with Crippen molar-refractivity contribution in [3.63, 3.8) is 0 Å². The van der Waals surface area contributed by atoms with Crippen molar-refractivity contribution >= 4 is 11.6 Å². The van der Waals surface area contributed by atoms with Crippen LogP contribution in [0.25, 0.3) is 0 Å². The predicted molar refractivity (Wildman–Crippen MR) is 92.6 cm³/mol. The van der Waals surface area contributed by atoms with Crippen molar-refractivity contribution in [1.29, 1.82) is 0 Å². The minimum Gasteiger partial charge on any atom is -0.389 e. The summed E-state index contributed by atoms with van der Waals surface area (Å²) >= 11 is 0. The standard InChI is InChI=1S/C19H28N2O2/c1-13(20-12-19(23)9-5-4-6-10-19)14-7-8-16-15(11-14)18(2,3)17(22)21-16/h7-8,11,13,20,23H,4-6,9-10,12H2,1-3H3,(H,21,22). The first-order valence-corrected chi connectivity index (χ1v) is 8.73. The van der Waals surface area contributed by atoms with Crippen LogP contribution >= 0.6 is 0 Å². The lowest BCUT2D eigenvalue weighted by Crippen LogP contribution is -2.42. The molecule has 1 heterocycles. The van der Waals surface area contributed by atoms with Gasteiger partial charge in [-0.2, -0.15) is 0 Å². The highest BCUT2D eigenvalue weighted by molar-refractivity contribution is 6.05. The van der Waals surface area contributed by atoms with Crippen LogP contribution in [0.3, 0.4) is 0 Å². The lowest BCUT2D eigenvalue weighted by molar-refractivity contribution is -0.119. The molecule has 4 nitrogen and oxygen atoms in total. The minimum atomic E-state index is -0.556. The van der Waals surface area contributed by atoms with E-state index in [1.165, 1.54) is 6.42 Å². The normalized spacial score (nSPS) is 23.2. The van der Waals surface area contributed by atoms with E-state index < -0.39 is 11.0 Å². The number of carbonyl (C=O) groups is 1. The van der Waals surface area contributed by atoms with Crippen molar-refractivity contribution in [1.82, 2.24) is 5.32 Å². The summed E-state index contributed by atoms with van der Waals surface area (Å²) < 4.78 is 0. The molecule has 3 rings (SSSR count). The maximum Gasteiger partial charge on any atom is 0.234 e. The van der Waals surface area contributed by atoms with Crippen LogP contribution in [0.2, 0.25) is 0 Å². The van der Waals surface area contributed by atoms with E-state index in [-0.39, 0.29) is 11.9 Å². The molecule has 1 aromatic rings. The quantitative estimate of drug-likeness (QED) is 0.799. The van der Waals surface area contributed by atoms with Gasteiger partial charge in [-0.05, 0) is 50.8 Å². The lowest BCUT2D eigenvalue weighted by atomic mass is 9.84. The Morgan fingerprint density at radius 3 is 2.65 bits per heavy atom. The number of benzene rings is 1. The van der Waals surface area contributed by atoms with Crippen LogP contribution in [-0.2, 0) is 10.2 Å². The van der Waals surface area contributed by atoms with E-state index in [1.54, 1.807) is 0 Å². The summed E-state index contributed by atoms with van der Waals surface area (Å²) in [6.45, 7) is 6.67. The average molecular weight is 316 g/mol. The first-order valence-electron chi connectivity index (χ1n) is 8.73. The molecule has 1 aromatic carbocycles. The van der Waals surface area contributed by atoms with Gasteiger partial charge in [-0.3, -0.25) is 4.79 Å². The topological polar surface area (TPSA) is 61.4 Å². The van der Waals surface area contributed by atoms with Gasteiger partial charge in [0.15, 0.2) is 0 Å². The molecule has 1 amide bonds. The highest BCUT2D eigenvalue weighted by Gasteiger charge is 2.38. The number of anilines is 1. The highest BCUT2D eigenvalue weighted by atomic mass is 16.3. The van der Waals surface area contributed by atoms with Gasteiger partial charge < -0.3 is 15.7 Å². The Morgan fingerprint density at radius 1 is 1.26 bits per heavy atom. The molecule has 0 radical (unpaired) electrons. The van der Waals surface area contributed by atoms with Gasteiger partial charge in [0.25, 0.3) is 0 Å². The summed E-state index contributed by atoms with van der Waals surface area (Å²) in [5.41, 5.74) is 2.10. The monoisotopic (exact) mass is 316 g/mol. The van der Waals surface area contributed by atoms with Gasteiger partial charge in [-0.1, -0.05) is 31.4 Å². The number of rotatable bonds is 4. The maximum atomic E-state index is 12.0. The summed E-state index contributed by atoms with van der Waals surface area (Å²) in [7, 11) is 0. The van der Waals surface area contributed by atoms with Crippen molar-refractivity contribution in [2.75, 3.05) is 11.9 Å². The smallest absolute Gasteiger partial charge is 0.234 e. The van der Waals surface area contributed by atoms with Gasteiger partial charge >= 0.3 is 0 Å². The van der Waals surface area contributed by atoms with Crippen LogP contribution in [0.5, 0.6) is 0 Å². The third-order valence-corrected chi connectivity index (χ3v) is 5.55. The maximum absolute atomic E-state index is 12.0. The fraction of sp³-hybridized carbons (Fsp3) is 0.632. The van der Waals surface area contributed by atoms with Crippen LogP contribution in [0, 0.1) is 0 Å². The van der Waals surface area contributed by atoms with E-state index in [0.29, 0.717) is 6.54 Å². The molecule has 0 aromatic heterocycles. The molecule has 0 saturated heterocycles. The van der Waals surface area contributed by atoms with E-state index in [4.69, 9.17) is 0 Å². The fourth-order valence-electron chi connectivity index (χ4n) is 3.71. The van der Waals surface area contributed by atoms with Gasteiger partial charge in [0.05, 0.1) is 11.0 Å². The molecule has 0 bridgehead atoms. The van der Waals surface area contributed by atoms with E-state index in [9.17, 15) is 9.90 Å². The summed E-state index contributed by atoms with van der Waals surface area (Å²) in [5, 5.41) is 17.1. The predicted octanol–water partition coefficient (Wildman–Crippen LogP) is 3.26. The van der Waals surface area contributed by atoms with Crippen LogP contribution in [0.1, 0.15) is 70.0 Å². The molecule has 1 atom stereocenters. The van der Waals surface area contributed by atoms with Crippen molar-refractivity contribution in [3.8, 4) is 0 Å². The number of carbonyl (C=O) groups excluding carboxylic acids is 1. The summed E-state index contributed by atoms with van der Waals surface area (Å²) in [4.78, 5) is 12.0. The van der Waals surface area contributed by atoms with Gasteiger partial charge in [-0.25, -0.2) is 0 Å². The molecule has 23 heavy (non-hydrogen) atoms. The third-order valence-electron chi connectivity index (χ3n) is 5.55. The molecule has 0 spiro atoms. The SMILES string of the molecule is CC(NCC1(O)CCCCC1)c1ccc2c(c1)C(C)(C)C(=O)N2. The van der Waals surface area contributed by atoms with Crippen molar-refractivity contribution < 1.29 is 9.90 Å². The van der Waals surface area contributed by atoms with E-state index >= 15 is 0 Å². The van der Waals surface area contributed by atoms with E-state index in [2.05, 4.69) is 29.7 Å². The van der Waals surface area contributed by atoms with Crippen molar-refractivity contribution in [2.45, 2.75) is 69.9 Å². The number of amides is 1. The Hall–Kier alpha value is -1.39. The molecular formula is C19H28N2O2. The molecule has 1 aliphatic heterocycles. The molecule has 126 valence electrons. The zero-order chi connectivity index (χ0) is 16.7. The van der Waals surface area contributed by atoms with Crippen LogP contribution in [0.15, 0.2) is 18.2 Å². The second-order valence-electron chi connectivity index (χ2n) is 7.77. The Kier molecular flexibility index (Phi) is 4.23. The Labute approximate surface area is 138 Å². The fourth-order valence-corrected chi connectivity index (χ4v) is 3.71.